The highest BCUT2D eigenvalue weighted by molar-refractivity contribution is 8.00. The van der Waals surface area contributed by atoms with E-state index in [0.29, 0.717) is 0 Å². The zero-order valence-electron chi connectivity index (χ0n) is 6.76. The average Bonchev–Trinajstić information content (AvgIpc) is 2.00. The first-order valence-corrected chi connectivity index (χ1v) is 4.55. The molecule has 2 heteroatoms. The topological polar surface area (TPSA) is 20.2 Å². The fourth-order valence-corrected chi connectivity index (χ4v) is 1.38. The zero-order chi connectivity index (χ0) is 8.04. The van der Waals surface area contributed by atoms with Crippen LogP contribution in [0.3, 0.4) is 0 Å². The summed E-state index contributed by atoms with van der Waals surface area (Å²) >= 11 is 1.76. The number of rotatable bonds is 5. The Morgan fingerprint density at radius 3 is 2.60 bits per heavy atom. The van der Waals surface area contributed by atoms with Crippen LogP contribution in [0.25, 0.3) is 0 Å². The second-order valence-corrected chi connectivity index (χ2v) is 4.15. The van der Waals surface area contributed by atoms with Gasteiger partial charge in [0.2, 0.25) is 0 Å². The van der Waals surface area contributed by atoms with Crippen molar-refractivity contribution in [2.24, 2.45) is 0 Å². The average molecular weight is 160 g/mol. The second-order valence-electron chi connectivity index (χ2n) is 2.52. The van der Waals surface area contributed by atoms with Crippen LogP contribution in [0.2, 0.25) is 0 Å². The fourth-order valence-electron chi connectivity index (χ4n) is 0.504. The summed E-state index contributed by atoms with van der Waals surface area (Å²) in [4.78, 5) is 0. The van der Waals surface area contributed by atoms with Crippen LogP contribution in [0.5, 0.6) is 0 Å². The Kier molecular flexibility index (Phi) is 4.83. The van der Waals surface area contributed by atoms with E-state index < -0.39 is 0 Å². The molecule has 0 heterocycles. The lowest BCUT2D eigenvalue weighted by atomic mass is 10.2. The SMILES string of the molecule is C=CC(C)(CO)SCCC. The van der Waals surface area contributed by atoms with E-state index in [2.05, 4.69) is 13.5 Å². The normalized spacial score (nSPS) is 16.3. The Balaban J connectivity index is 3.68. The van der Waals surface area contributed by atoms with Crippen molar-refractivity contribution < 1.29 is 5.11 Å². The Morgan fingerprint density at radius 2 is 2.30 bits per heavy atom. The second kappa shape index (κ2) is 4.80. The van der Waals surface area contributed by atoms with Gasteiger partial charge in [0, 0.05) is 0 Å². The molecule has 0 radical (unpaired) electrons. The quantitative estimate of drug-likeness (QED) is 0.621. The highest BCUT2D eigenvalue weighted by Gasteiger charge is 2.17. The molecule has 1 N–H and O–H groups in total. The van der Waals surface area contributed by atoms with Crippen LogP contribution in [0.15, 0.2) is 12.7 Å². The van der Waals surface area contributed by atoms with Gasteiger partial charge in [0.25, 0.3) is 0 Å². The molecule has 0 bridgehead atoms. The van der Waals surface area contributed by atoms with Gasteiger partial charge < -0.3 is 5.11 Å². The maximum Gasteiger partial charge on any atom is 0.0610 e. The van der Waals surface area contributed by atoms with Gasteiger partial charge in [-0.05, 0) is 19.1 Å². The largest absolute Gasteiger partial charge is 0.395 e. The van der Waals surface area contributed by atoms with E-state index in [0.717, 1.165) is 12.2 Å². The van der Waals surface area contributed by atoms with E-state index in [1.807, 2.05) is 13.0 Å². The Morgan fingerprint density at radius 1 is 1.70 bits per heavy atom. The van der Waals surface area contributed by atoms with Crippen LogP contribution >= 0.6 is 11.8 Å². The van der Waals surface area contributed by atoms with Gasteiger partial charge in [0.1, 0.15) is 0 Å². The van der Waals surface area contributed by atoms with Crippen LogP contribution in [0.4, 0.5) is 0 Å². The molecule has 0 aromatic heterocycles. The molecule has 60 valence electrons. The number of hydrogen-bond acceptors (Lipinski definition) is 2. The minimum absolute atomic E-state index is 0.129. The molecule has 0 spiro atoms. The van der Waals surface area contributed by atoms with Crippen molar-refractivity contribution in [3.8, 4) is 0 Å². The standard InChI is InChI=1S/C8H16OS/c1-4-6-10-8(3,5-2)7-9/h5,9H,2,4,6-7H2,1,3H3. The third-order valence-electron chi connectivity index (χ3n) is 1.38. The predicted octanol–water partition coefficient (Wildman–Crippen LogP) is 2.07. The summed E-state index contributed by atoms with van der Waals surface area (Å²) in [6.07, 6.45) is 2.96. The Labute approximate surface area is 67.5 Å². The summed E-state index contributed by atoms with van der Waals surface area (Å²) < 4.78 is -0.129. The monoisotopic (exact) mass is 160 g/mol. The first-order valence-electron chi connectivity index (χ1n) is 3.57. The third kappa shape index (κ3) is 3.28. The number of hydrogen-bond donors (Lipinski definition) is 1. The van der Waals surface area contributed by atoms with Crippen molar-refractivity contribution in [3.63, 3.8) is 0 Å². The molecule has 1 nitrogen and oxygen atoms in total. The molecule has 0 aliphatic rings. The van der Waals surface area contributed by atoms with Crippen LogP contribution < -0.4 is 0 Å². The molecule has 0 aliphatic carbocycles. The zero-order valence-corrected chi connectivity index (χ0v) is 7.58. The smallest absolute Gasteiger partial charge is 0.0610 e. The van der Waals surface area contributed by atoms with Gasteiger partial charge in [-0.1, -0.05) is 13.0 Å². The van der Waals surface area contributed by atoms with Crippen molar-refractivity contribution in [3.05, 3.63) is 12.7 Å². The minimum Gasteiger partial charge on any atom is -0.395 e. The molecular weight excluding hydrogens is 144 g/mol. The van der Waals surface area contributed by atoms with Crippen molar-refractivity contribution in [2.45, 2.75) is 25.0 Å². The van der Waals surface area contributed by atoms with E-state index in [1.165, 1.54) is 0 Å². The lowest BCUT2D eigenvalue weighted by molar-refractivity contribution is 0.276. The molecule has 0 aliphatic heterocycles. The number of thioether (sulfide) groups is 1. The number of aliphatic hydroxyl groups excluding tert-OH is 1. The molecule has 0 aromatic rings. The van der Waals surface area contributed by atoms with Crippen LogP contribution in [-0.4, -0.2) is 22.2 Å². The highest BCUT2D eigenvalue weighted by atomic mass is 32.2. The predicted molar refractivity (Wildman–Crippen MR) is 48.4 cm³/mol. The Bertz CT molecular complexity index is 103. The first-order chi connectivity index (χ1) is 4.68. The molecule has 1 unspecified atom stereocenters. The first kappa shape index (κ1) is 10.0. The molecule has 0 saturated heterocycles. The van der Waals surface area contributed by atoms with E-state index in [4.69, 9.17) is 5.11 Å². The molecule has 0 aromatic carbocycles. The molecule has 0 amide bonds. The van der Waals surface area contributed by atoms with Gasteiger partial charge in [-0.25, -0.2) is 0 Å². The highest BCUT2D eigenvalue weighted by Crippen LogP contribution is 2.25. The van der Waals surface area contributed by atoms with Crippen LogP contribution in [0.1, 0.15) is 20.3 Å². The van der Waals surface area contributed by atoms with Gasteiger partial charge in [-0.3, -0.25) is 0 Å². The maximum atomic E-state index is 8.92. The molecular formula is C8H16OS. The summed E-state index contributed by atoms with van der Waals surface area (Å²) in [5, 5.41) is 8.92. The van der Waals surface area contributed by atoms with E-state index in [-0.39, 0.29) is 11.4 Å². The molecule has 0 fully saturated rings. The van der Waals surface area contributed by atoms with Crippen molar-refractivity contribution in [1.82, 2.24) is 0 Å². The van der Waals surface area contributed by atoms with Gasteiger partial charge in [0.15, 0.2) is 0 Å². The van der Waals surface area contributed by atoms with Crippen molar-refractivity contribution in [2.75, 3.05) is 12.4 Å². The fraction of sp³-hybridized carbons (Fsp3) is 0.750. The molecule has 1 atom stereocenters. The van der Waals surface area contributed by atoms with Crippen LogP contribution in [0, 0.1) is 0 Å². The summed E-state index contributed by atoms with van der Waals surface area (Å²) in [6, 6.07) is 0. The third-order valence-corrected chi connectivity index (χ3v) is 2.95. The van der Waals surface area contributed by atoms with E-state index >= 15 is 0 Å². The van der Waals surface area contributed by atoms with Gasteiger partial charge >= 0.3 is 0 Å². The summed E-state index contributed by atoms with van der Waals surface area (Å²) in [6.45, 7) is 7.99. The van der Waals surface area contributed by atoms with Gasteiger partial charge in [-0.15, -0.1) is 18.3 Å². The minimum atomic E-state index is -0.129. The summed E-state index contributed by atoms with van der Waals surface area (Å²) in [7, 11) is 0. The van der Waals surface area contributed by atoms with E-state index in [9.17, 15) is 0 Å². The summed E-state index contributed by atoms with van der Waals surface area (Å²) in [5.74, 6) is 1.09. The lowest BCUT2D eigenvalue weighted by Crippen LogP contribution is -2.22. The van der Waals surface area contributed by atoms with Crippen molar-refractivity contribution in [1.29, 1.82) is 0 Å². The van der Waals surface area contributed by atoms with Gasteiger partial charge in [0.05, 0.1) is 11.4 Å². The number of aliphatic hydroxyl groups is 1. The lowest BCUT2D eigenvalue weighted by Gasteiger charge is -2.21. The van der Waals surface area contributed by atoms with Crippen LogP contribution in [-0.2, 0) is 0 Å². The summed E-state index contributed by atoms with van der Waals surface area (Å²) in [5.41, 5.74) is 0. The van der Waals surface area contributed by atoms with Crippen molar-refractivity contribution >= 4 is 11.8 Å². The molecule has 0 rings (SSSR count). The van der Waals surface area contributed by atoms with E-state index in [1.54, 1.807) is 11.8 Å². The molecule has 10 heavy (non-hydrogen) atoms. The molecule has 0 saturated carbocycles. The maximum absolute atomic E-state index is 8.92. The Hall–Kier alpha value is 0.0500. The van der Waals surface area contributed by atoms with Gasteiger partial charge in [-0.2, -0.15) is 0 Å².